The number of carbonyl (C=O) groups is 4. The first kappa shape index (κ1) is 29.6. The predicted octanol–water partition coefficient (Wildman–Crippen LogP) is 5.95. The minimum absolute atomic E-state index is 0.0208. The molecule has 0 aromatic heterocycles. The molecule has 0 aliphatic heterocycles. The number of phenols is 1. The third kappa shape index (κ3) is 3.75. The molecule has 3 N–H and O–H groups in total. The van der Waals surface area contributed by atoms with Crippen LogP contribution >= 0.6 is 0 Å². The van der Waals surface area contributed by atoms with E-state index in [1.165, 1.54) is 13.0 Å². The van der Waals surface area contributed by atoms with Crippen LogP contribution in [0.3, 0.4) is 0 Å². The summed E-state index contributed by atoms with van der Waals surface area (Å²) in [5.41, 5.74) is -1.71. The number of Topliss-reactive ketones (excluding diaryl/α,β-unsaturated/α-hetero) is 4. The van der Waals surface area contributed by atoms with Gasteiger partial charge in [0.05, 0.1) is 11.1 Å². The Kier molecular flexibility index (Phi) is 6.77. The maximum Gasteiger partial charge on any atom is 0.206 e. The van der Waals surface area contributed by atoms with E-state index in [2.05, 4.69) is 0 Å². The molecule has 0 unspecified atom stereocenters. The Morgan fingerprint density at radius 2 is 1.62 bits per heavy atom. The van der Waals surface area contributed by atoms with E-state index in [9.17, 15) is 34.5 Å². The molecule has 0 spiro atoms. The van der Waals surface area contributed by atoms with E-state index in [0.717, 1.165) is 11.1 Å². The van der Waals surface area contributed by atoms with E-state index >= 15 is 0 Å². The normalized spacial score (nSPS) is 28.9. The van der Waals surface area contributed by atoms with Crippen LogP contribution in [0.5, 0.6) is 5.75 Å². The molecule has 0 radical (unpaired) electrons. The molecule has 0 amide bonds. The molecular weight excluding hydrogens is 532 g/mol. The Bertz CT molecular complexity index is 1640. The maximum atomic E-state index is 14.5. The lowest BCUT2D eigenvalue weighted by molar-refractivity contribution is -0.180. The largest absolute Gasteiger partial charge is 0.507 e. The Morgan fingerprint density at radius 3 is 2.17 bits per heavy atom. The van der Waals surface area contributed by atoms with Crippen molar-refractivity contribution in [1.29, 1.82) is 0 Å². The van der Waals surface area contributed by atoms with E-state index in [4.69, 9.17) is 0 Å². The number of allylic oxidation sites excluding steroid dienone is 1. The molecule has 0 heterocycles. The summed E-state index contributed by atoms with van der Waals surface area (Å²) in [6.07, 6.45) is 0.812. The summed E-state index contributed by atoms with van der Waals surface area (Å²) in [5, 5.41) is 34.9. The molecule has 2 aromatic carbocycles. The number of phenolic OH excluding ortho intramolecular Hbond substituents is 1. The van der Waals surface area contributed by atoms with Crippen molar-refractivity contribution in [3.63, 3.8) is 0 Å². The third-order valence-electron chi connectivity index (χ3n) is 10.0. The Hall–Kier alpha value is -3.84. The average molecular weight is 571 g/mol. The van der Waals surface area contributed by atoms with Crippen molar-refractivity contribution in [1.82, 2.24) is 0 Å². The number of hydrogen-bond donors (Lipinski definition) is 3. The van der Waals surface area contributed by atoms with E-state index in [1.807, 2.05) is 32.9 Å². The smallest absolute Gasteiger partial charge is 0.206 e. The van der Waals surface area contributed by atoms with Gasteiger partial charge in [-0.3, -0.25) is 19.2 Å². The summed E-state index contributed by atoms with van der Waals surface area (Å²) in [4.78, 5) is 53.2. The zero-order chi connectivity index (χ0) is 31.1. The fourth-order valence-electron chi connectivity index (χ4n) is 8.56. The van der Waals surface area contributed by atoms with Crippen LogP contribution in [0.25, 0.3) is 16.9 Å². The highest BCUT2D eigenvalue weighted by atomic mass is 16.3. The Morgan fingerprint density at radius 1 is 1.00 bits per heavy atom. The second-order valence-electron chi connectivity index (χ2n) is 13.1. The topological polar surface area (TPSA) is 129 Å². The summed E-state index contributed by atoms with van der Waals surface area (Å²) in [7, 11) is 0. The monoisotopic (exact) mass is 570 g/mol. The van der Waals surface area contributed by atoms with Crippen LogP contribution in [0.1, 0.15) is 82.8 Å². The maximum absolute atomic E-state index is 14.5. The first-order chi connectivity index (χ1) is 19.5. The highest BCUT2D eigenvalue weighted by molar-refractivity contribution is 6.33. The number of hydrogen-bond acceptors (Lipinski definition) is 7. The molecule has 0 saturated heterocycles. The molecule has 3 aliphatic carbocycles. The Labute approximate surface area is 246 Å². The number of aliphatic hydroxyl groups excluding tert-OH is 1. The molecule has 220 valence electrons. The van der Waals surface area contributed by atoms with Crippen LogP contribution < -0.4 is 0 Å². The van der Waals surface area contributed by atoms with Crippen LogP contribution in [0.15, 0.2) is 53.1 Å². The van der Waals surface area contributed by atoms with E-state index in [-0.39, 0.29) is 47.0 Å². The van der Waals surface area contributed by atoms with Gasteiger partial charge in [-0.25, -0.2) is 0 Å². The second-order valence-corrected chi connectivity index (χ2v) is 13.1. The van der Waals surface area contributed by atoms with Crippen LogP contribution in [0.4, 0.5) is 0 Å². The standard InChI is InChI=1S/C35H38O7/c1-8-24(37)21-11-9-20(10-12-21)22-13-14-25(38)27-23(22)15-33(6)16-34(7)28(17(2)3)18(4)26(19(5)36)31(40)35(34,42)32(41)29(33)30(27)39/h9-14,17,28,38-39,42H,8,15-16H2,1-7H3/t28-,33+,34+,35-/m1/s1. The van der Waals surface area contributed by atoms with Gasteiger partial charge in [-0.15, -0.1) is 0 Å². The van der Waals surface area contributed by atoms with Gasteiger partial charge in [0, 0.05) is 28.4 Å². The molecule has 1 fully saturated rings. The number of ketones is 4. The van der Waals surface area contributed by atoms with Gasteiger partial charge in [0.1, 0.15) is 11.5 Å². The molecule has 7 heteroatoms. The molecule has 4 atom stereocenters. The van der Waals surface area contributed by atoms with Crippen LogP contribution in [0.2, 0.25) is 0 Å². The lowest BCUT2D eigenvalue weighted by atomic mass is 9.42. The SMILES string of the molecule is CCC(=O)c1ccc(-c2ccc(O)c3c2C[C@@]2(C)C[C@@]4(C)[C@H](C(C)C)C(C)=C(C(C)=O)C(=O)[C@@]4(O)C(=O)C2=C3O)cc1. The summed E-state index contributed by atoms with van der Waals surface area (Å²) in [6, 6.07) is 10.3. The summed E-state index contributed by atoms with van der Waals surface area (Å²) in [6.45, 7) is 12.3. The number of aromatic hydroxyl groups is 1. The van der Waals surface area contributed by atoms with E-state index in [1.54, 1.807) is 39.0 Å². The fourth-order valence-corrected chi connectivity index (χ4v) is 8.56. The van der Waals surface area contributed by atoms with Crippen molar-refractivity contribution in [2.45, 2.75) is 73.3 Å². The van der Waals surface area contributed by atoms with Crippen molar-refractivity contribution >= 4 is 28.9 Å². The lowest BCUT2D eigenvalue weighted by Gasteiger charge is -2.60. The quantitative estimate of drug-likeness (QED) is 0.230. The van der Waals surface area contributed by atoms with Gasteiger partial charge >= 0.3 is 0 Å². The summed E-state index contributed by atoms with van der Waals surface area (Å²) >= 11 is 0. The molecule has 3 aliphatic rings. The zero-order valence-electron chi connectivity index (χ0n) is 25.2. The van der Waals surface area contributed by atoms with Gasteiger partial charge in [-0.1, -0.05) is 70.5 Å². The van der Waals surface area contributed by atoms with Crippen molar-refractivity contribution < 1.29 is 34.5 Å². The first-order valence-electron chi connectivity index (χ1n) is 14.5. The summed E-state index contributed by atoms with van der Waals surface area (Å²) < 4.78 is 0. The molecular formula is C35H38O7. The lowest BCUT2D eigenvalue weighted by Crippen LogP contribution is -2.70. The van der Waals surface area contributed by atoms with Crippen LogP contribution in [-0.2, 0) is 20.8 Å². The van der Waals surface area contributed by atoms with Gasteiger partial charge < -0.3 is 15.3 Å². The average Bonchev–Trinajstić information content (AvgIpc) is 2.90. The molecule has 0 bridgehead atoms. The Balaban J connectivity index is 1.76. The van der Waals surface area contributed by atoms with E-state index in [0.29, 0.717) is 23.1 Å². The van der Waals surface area contributed by atoms with Gasteiger partial charge in [0.2, 0.25) is 11.6 Å². The van der Waals surface area contributed by atoms with Crippen molar-refractivity contribution in [2.75, 3.05) is 0 Å². The minimum Gasteiger partial charge on any atom is -0.507 e. The van der Waals surface area contributed by atoms with Gasteiger partial charge in [0.25, 0.3) is 0 Å². The van der Waals surface area contributed by atoms with Gasteiger partial charge in [-0.05, 0) is 61.3 Å². The van der Waals surface area contributed by atoms with Gasteiger partial charge in [-0.2, -0.15) is 0 Å². The number of benzene rings is 2. The minimum atomic E-state index is -2.56. The molecule has 1 saturated carbocycles. The molecule has 2 aromatic rings. The van der Waals surface area contributed by atoms with Crippen molar-refractivity contribution in [2.24, 2.45) is 22.7 Å². The zero-order valence-corrected chi connectivity index (χ0v) is 25.2. The highest BCUT2D eigenvalue weighted by Crippen LogP contribution is 2.65. The van der Waals surface area contributed by atoms with Crippen LogP contribution in [0, 0.1) is 22.7 Å². The molecule has 7 nitrogen and oxygen atoms in total. The number of aliphatic hydroxyl groups is 2. The highest BCUT2D eigenvalue weighted by Gasteiger charge is 2.72. The van der Waals surface area contributed by atoms with Crippen LogP contribution in [-0.4, -0.2) is 44.1 Å². The van der Waals surface area contributed by atoms with Crippen molar-refractivity contribution in [3.05, 3.63) is 69.8 Å². The number of rotatable bonds is 5. The first-order valence-corrected chi connectivity index (χ1v) is 14.5. The fraction of sp³-hybridized carbons (Fsp3) is 0.429. The molecule has 5 rings (SSSR count). The summed E-state index contributed by atoms with van der Waals surface area (Å²) in [5.74, 6) is -3.62. The number of fused-ring (bicyclic) bond motifs is 3. The molecule has 42 heavy (non-hydrogen) atoms. The third-order valence-corrected chi connectivity index (χ3v) is 10.0. The van der Waals surface area contributed by atoms with E-state index < -0.39 is 45.5 Å². The van der Waals surface area contributed by atoms with Gasteiger partial charge in [0.15, 0.2) is 17.2 Å². The predicted molar refractivity (Wildman–Crippen MR) is 159 cm³/mol. The second kappa shape index (κ2) is 9.60. The number of carbonyl (C=O) groups excluding carboxylic acids is 4. The van der Waals surface area contributed by atoms with Crippen molar-refractivity contribution in [3.8, 4) is 16.9 Å².